The molecule has 0 spiro atoms. The van der Waals surface area contributed by atoms with Crippen molar-refractivity contribution in [1.29, 1.82) is 0 Å². The molecule has 1 amide bonds. The Hall–Kier alpha value is -3.61. The largest absolute Gasteiger partial charge is 0.494 e. The van der Waals surface area contributed by atoms with Crippen LogP contribution in [0.4, 0.5) is 0 Å². The Labute approximate surface area is 209 Å². The third kappa shape index (κ3) is 6.50. The molecular formula is C28H28ClN3O3. The molecule has 0 radical (unpaired) electrons. The summed E-state index contributed by atoms with van der Waals surface area (Å²) in [5, 5.41) is 16.3. The lowest BCUT2D eigenvalue weighted by Crippen LogP contribution is -2.18. The molecule has 0 unspecified atom stereocenters. The zero-order chi connectivity index (χ0) is 24.6. The van der Waals surface area contributed by atoms with Crippen LogP contribution in [0.15, 0.2) is 84.1 Å². The summed E-state index contributed by atoms with van der Waals surface area (Å²) in [6, 6.07) is 23.1. The normalized spacial score (nSPS) is 12.2. The Morgan fingerprint density at radius 2 is 1.86 bits per heavy atom. The van der Waals surface area contributed by atoms with Gasteiger partial charge in [-0.15, -0.1) is 0 Å². The van der Waals surface area contributed by atoms with Gasteiger partial charge >= 0.3 is 0 Å². The number of aliphatic hydroxyl groups excluding tert-OH is 1. The quantitative estimate of drug-likeness (QED) is 0.221. The fraction of sp³-hybridized carbons (Fsp3) is 0.214. The zero-order valence-electron chi connectivity index (χ0n) is 19.5. The lowest BCUT2D eigenvalue weighted by Gasteiger charge is -2.11. The molecule has 7 heteroatoms. The average Bonchev–Trinajstić information content (AvgIpc) is 3.22. The van der Waals surface area contributed by atoms with Crippen LogP contribution in [0, 0.1) is 0 Å². The Morgan fingerprint density at radius 1 is 1.11 bits per heavy atom. The minimum atomic E-state index is -0.730. The number of nitrogens with zero attached hydrogens (tertiary/aromatic N) is 2. The number of carbonyl (C=O) groups excluding carboxylic acids is 1. The predicted octanol–water partition coefficient (Wildman–Crippen LogP) is 5.71. The van der Waals surface area contributed by atoms with Crippen molar-refractivity contribution >= 4 is 34.6 Å². The van der Waals surface area contributed by atoms with Gasteiger partial charge in [0.25, 0.3) is 0 Å². The molecule has 1 heterocycles. The molecule has 4 aromatic rings. The van der Waals surface area contributed by atoms with Crippen LogP contribution in [-0.2, 0) is 11.3 Å². The molecule has 0 saturated heterocycles. The molecule has 0 fully saturated rings. The van der Waals surface area contributed by atoms with Crippen molar-refractivity contribution in [1.82, 2.24) is 9.99 Å². The first kappa shape index (κ1) is 24.5. The molecule has 0 bridgehead atoms. The number of halogens is 1. The third-order valence-electron chi connectivity index (χ3n) is 5.70. The van der Waals surface area contributed by atoms with Gasteiger partial charge in [-0.3, -0.25) is 4.79 Å². The van der Waals surface area contributed by atoms with Crippen LogP contribution in [0.3, 0.4) is 0 Å². The van der Waals surface area contributed by atoms with Crippen molar-refractivity contribution in [2.45, 2.75) is 32.4 Å². The number of aliphatic hydroxyl groups is 1. The first-order valence-corrected chi connectivity index (χ1v) is 12.0. The second-order valence-electron chi connectivity index (χ2n) is 8.21. The molecule has 4 rings (SSSR count). The second-order valence-corrected chi connectivity index (χ2v) is 8.64. The molecular weight excluding hydrogens is 462 g/mol. The van der Waals surface area contributed by atoms with Crippen LogP contribution in [0.5, 0.6) is 5.75 Å². The number of fused-ring (bicyclic) bond motifs is 1. The first-order chi connectivity index (χ1) is 17.0. The van der Waals surface area contributed by atoms with Gasteiger partial charge < -0.3 is 14.4 Å². The number of rotatable bonds is 10. The number of hydrogen-bond acceptors (Lipinski definition) is 4. The van der Waals surface area contributed by atoms with E-state index in [0.29, 0.717) is 24.6 Å². The number of benzene rings is 3. The smallest absolute Gasteiger partial charge is 0.240 e. The molecule has 0 aliphatic carbocycles. The number of carbonyl (C=O) groups is 1. The van der Waals surface area contributed by atoms with Crippen molar-refractivity contribution < 1.29 is 14.6 Å². The standard InChI is InChI=1S/C28H28ClN3O3/c1-2-35-24-13-9-21(10-14-24)27(33)15-16-28(34)31-30-17-22-19-32(26-6-4-3-5-25(22)26)18-20-7-11-23(29)12-8-20/h3-14,17,19,27,33H,2,15-16,18H2,1H3,(H,31,34)/b30-17-/t27-/m0/s1. The van der Waals surface area contributed by atoms with E-state index in [-0.39, 0.29) is 12.3 Å². The van der Waals surface area contributed by atoms with E-state index in [9.17, 15) is 9.90 Å². The topological polar surface area (TPSA) is 75.8 Å². The molecule has 1 atom stereocenters. The number of nitrogens with one attached hydrogen (secondary N) is 1. The summed E-state index contributed by atoms with van der Waals surface area (Å²) in [4.78, 5) is 12.3. The maximum absolute atomic E-state index is 12.3. The fourth-order valence-corrected chi connectivity index (χ4v) is 4.04. The van der Waals surface area contributed by atoms with Gasteiger partial charge in [0.1, 0.15) is 5.75 Å². The van der Waals surface area contributed by atoms with Gasteiger partial charge in [-0.05, 0) is 54.8 Å². The van der Waals surface area contributed by atoms with Gasteiger partial charge in [0.2, 0.25) is 5.91 Å². The van der Waals surface area contributed by atoms with E-state index in [1.807, 2.05) is 79.9 Å². The van der Waals surface area contributed by atoms with E-state index in [4.69, 9.17) is 16.3 Å². The number of hydrogen-bond donors (Lipinski definition) is 2. The molecule has 35 heavy (non-hydrogen) atoms. The summed E-state index contributed by atoms with van der Waals surface area (Å²) in [6.07, 6.45) is 3.40. The van der Waals surface area contributed by atoms with E-state index in [2.05, 4.69) is 21.2 Å². The maximum atomic E-state index is 12.3. The summed E-state index contributed by atoms with van der Waals surface area (Å²) in [7, 11) is 0. The minimum Gasteiger partial charge on any atom is -0.494 e. The van der Waals surface area contributed by atoms with Crippen LogP contribution in [0.1, 0.15) is 42.6 Å². The minimum absolute atomic E-state index is 0.157. The van der Waals surface area contributed by atoms with Gasteiger partial charge in [0, 0.05) is 40.7 Å². The highest BCUT2D eigenvalue weighted by Crippen LogP contribution is 2.23. The lowest BCUT2D eigenvalue weighted by molar-refractivity contribution is -0.121. The molecule has 6 nitrogen and oxygen atoms in total. The van der Waals surface area contributed by atoms with Gasteiger partial charge in [-0.25, -0.2) is 5.43 Å². The third-order valence-corrected chi connectivity index (χ3v) is 5.95. The highest BCUT2D eigenvalue weighted by Gasteiger charge is 2.11. The molecule has 0 aliphatic heterocycles. The first-order valence-electron chi connectivity index (χ1n) is 11.6. The highest BCUT2D eigenvalue weighted by molar-refractivity contribution is 6.30. The number of amides is 1. The van der Waals surface area contributed by atoms with Gasteiger partial charge in [0.05, 0.1) is 18.9 Å². The van der Waals surface area contributed by atoms with Crippen molar-refractivity contribution in [2.75, 3.05) is 6.61 Å². The molecule has 1 aromatic heterocycles. The van der Waals surface area contributed by atoms with Crippen LogP contribution in [0.2, 0.25) is 5.02 Å². The molecule has 0 aliphatic rings. The number of para-hydroxylation sites is 1. The molecule has 3 aromatic carbocycles. The van der Waals surface area contributed by atoms with E-state index >= 15 is 0 Å². The van der Waals surface area contributed by atoms with E-state index in [0.717, 1.165) is 33.3 Å². The van der Waals surface area contributed by atoms with Gasteiger partial charge in [0.15, 0.2) is 0 Å². The average molecular weight is 490 g/mol. The monoisotopic (exact) mass is 489 g/mol. The Kier molecular flexibility index (Phi) is 8.19. The summed E-state index contributed by atoms with van der Waals surface area (Å²) in [5.41, 5.74) is 6.44. The van der Waals surface area contributed by atoms with Crippen molar-refractivity contribution in [3.63, 3.8) is 0 Å². The molecule has 180 valence electrons. The summed E-state index contributed by atoms with van der Waals surface area (Å²) < 4.78 is 7.56. The number of aromatic nitrogens is 1. The lowest BCUT2D eigenvalue weighted by atomic mass is 10.0. The molecule has 2 N–H and O–H groups in total. The van der Waals surface area contributed by atoms with E-state index in [1.165, 1.54) is 0 Å². The number of ether oxygens (including phenoxy) is 1. The van der Waals surface area contributed by atoms with Crippen LogP contribution < -0.4 is 10.2 Å². The zero-order valence-corrected chi connectivity index (χ0v) is 20.3. The van der Waals surface area contributed by atoms with Crippen LogP contribution >= 0.6 is 11.6 Å². The van der Waals surface area contributed by atoms with Gasteiger partial charge in [-0.1, -0.05) is 54.1 Å². The van der Waals surface area contributed by atoms with E-state index in [1.54, 1.807) is 6.21 Å². The Morgan fingerprint density at radius 3 is 2.60 bits per heavy atom. The Balaban J connectivity index is 1.35. The van der Waals surface area contributed by atoms with Crippen molar-refractivity contribution in [3.8, 4) is 5.75 Å². The van der Waals surface area contributed by atoms with Crippen LogP contribution in [0.25, 0.3) is 10.9 Å². The fourth-order valence-electron chi connectivity index (χ4n) is 3.91. The van der Waals surface area contributed by atoms with Crippen molar-refractivity contribution in [3.05, 3.63) is 101 Å². The highest BCUT2D eigenvalue weighted by atomic mass is 35.5. The Bertz CT molecular complexity index is 1300. The summed E-state index contributed by atoms with van der Waals surface area (Å²) in [6.45, 7) is 3.20. The molecule has 0 saturated carbocycles. The predicted molar refractivity (Wildman–Crippen MR) is 140 cm³/mol. The summed E-state index contributed by atoms with van der Waals surface area (Å²) >= 11 is 6.01. The van der Waals surface area contributed by atoms with Crippen LogP contribution in [-0.4, -0.2) is 28.4 Å². The second kappa shape index (κ2) is 11.7. The summed E-state index contributed by atoms with van der Waals surface area (Å²) in [5.74, 6) is 0.501. The maximum Gasteiger partial charge on any atom is 0.240 e. The number of hydrazone groups is 1. The van der Waals surface area contributed by atoms with E-state index < -0.39 is 6.10 Å². The SMILES string of the molecule is CCOc1ccc([C@@H](O)CCC(=O)N/N=C\c2cn(Cc3ccc(Cl)cc3)c3ccccc23)cc1. The van der Waals surface area contributed by atoms with Crippen molar-refractivity contribution in [2.24, 2.45) is 5.10 Å². The van der Waals surface area contributed by atoms with Gasteiger partial charge in [-0.2, -0.15) is 5.10 Å².